The summed E-state index contributed by atoms with van der Waals surface area (Å²) in [6.07, 6.45) is -4.04. The van der Waals surface area contributed by atoms with Crippen LogP contribution in [-0.2, 0) is 12.6 Å². The molecule has 0 atom stereocenters. The summed E-state index contributed by atoms with van der Waals surface area (Å²) in [6, 6.07) is 11.3. The molecule has 3 rings (SSSR count). The second-order valence-electron chi connectivity index (χ2n) is 4.77. The average Bonchev–Trinajstić information content (AvgIpc) is 2.84. The lowest BCUT2D eigenvalue weighted by atomic mass is 10.3. The highest BCUT2D eigenvalue weighted by molar-refractivity contribution is 5.74. The van der Waals surface area contributed by atoms with Crippen molar-refractivity contribution >= 4 is 11.2 Å². The van der Waals surface area contributed by atoms with Gasteiger partial charge in [0.15, 0.2) is 5.65 Å². The zero-order chi connectivity index (χ0) is 15.7. The van der Waals surface area contributed by atoms with E-state index in [0.717, 1.165) is 6.07 Å². The van der Waals surface area contributed by atoms with Crippen molar-refractivity contribution in [2.45, 2.75) is 12.6 Å². The number of benzene rings is 1. The van der Waals surface area contributed by atoms with Gasteiger partial charge in [-0.1, -0.05) is 18.2 Å². The van der Waals surface area contributed by atoms with Crippen molar-refractivity contribution in [1.29, 1.82) is 0 Å². The number of alkyl halides is 3. The van der Waals surface area contributed by atoms with Crippen LogP contribution in [-0.4, -0.2) is 21.1 Å². The lowest BCUT2D eigenvalue weighted by molar-refractivity contribution is -0.141. The molecule has 0 radical (unpaired) electrons. The Bertz CT molecular complexity index is 794. The van der Waals surface area contributed by atoms with Crippen LogP contribution in [0.25, 0.3) is 16.9 Å². The summed E-state index contributed by atoms with van der Waals surface area (Å²) in [5.41, 5.74) is 5.95. The highest BCUT2D eigenvalue weighted by Gasteiger charge is 2.33. The minimum atomic E-state index is -4.49. The fourth-order valence-electron chi connectivity index (χ4n) is 2.31. The Labute approximate surface area is 124 Å². The van der Waals surface area contributed by atoms with Crippen LogP contribution < -0.4 is 5.73 Å². The van der Waals surface area contributed by atoms with E-state index >= 15 is 0 Å². The highest BCUT2D eigenvalue weighted by atomic mass is 19.4. The van der Waals surface area contributed by atoms with Gasteiger partial charge in [-0.2, -0.15) is 13.2 Å². The van der Waals surface area contributed by atoms with E-state index in [1.54, 1.807) is 28.8 Å². The number of nitrogens with zero attached hydrogens (tertiary/aromatic N) is 3. The van der Waals surface area contributed by atoms with Gasteiger partial charge in [-0.15, -0.1) is 0 Å². The number of para-hydroxylation sites is 1. The molecule has 3 aromatic rings. The van der Waals surface area contributed by atoms with Gasteiger partial charge in [0.1, 0.15) is 17.0 Å². The number of nitrogens with two attached hydrogens (primary N) is 1. The van der Waals surface area contributed by atoms with Gasteiger partial charge in [0.05, 0.1) is 0 Å². The Hall–Kier alpha value is -2.41. The molecule has 0 bridgehead atoms. The van der Waals surface area contributed by atoms with Gasteiger partial charge in [0, 0.05) is 12.1 Å². The quantitative estimate of drug-likeness (QED) is 0.809. The number of imidazole rings is 1. The van der Waals surface area contributed by atoms with E-state index in [-0.39, 0.29) is 5.65 Å². The van der Waals surface area contributed by atoms with Crippen molar-refractivity contribution in [3.63, 3.8) is 0 Å². The maximum atomic E-state index is 12.9. The maximum Gasteiger partial charge on any atom is 0.433 e. The van der Waals surface area contributed by atoms with Crippen LogP contribution in [0.3, 0.4) is 0 Å². The molecule has 0 unspecified atom stereocenters. The Morgan fingerprint density at radius 3 is 2.36 bits per heavy atom. The number of pyridine rings is 1. The zero-order valence-electron chi connectivity index (χ0n) is 11.5. The molecule has 0 aliphatic heterocycles. The summed E-state index contributed by atoms with van der Waals surface area (Å²) in [5.74, 6) is 0.593. The van der Waals surface area contributed by atoms with Crippen molar-refractivity contribution in [1.82, 2.24) is 14.5 Å². The summed E-state index contributed by atoms with van der Waals surface area (Å²) in [4.78, 5) is 8.12. The summed E-state index contributed by atoms with van der Waals surface area (Å²) < 4.78 is 40.3. The third-order valence-corrected chi connectivity index (χ3v) is 3.25. The molecule has 22 heavy (non-hydrogen) atoms. The Morgan fingerprint density at radius 2 is 1.73 bits per heavy atom. The number of aromatic nitrogens is 3. The van der Waals surface area contributed by atoms with Gasteiger partial charge in [0.2, 0.25) is 0 Å². The monoisotopic (exact) mass is 306 g/mol. The molecule has 2 aromatic heterocycles. The first kappa shape index (κ1) is 14.5. The SMILES string of the molecule is NCCc1nc2ccc(C(F)(F)F)nc2n1-c1ccccc1. The normalized spacial score (nSPS) is 12.0. The molecular weight excluding hydrogens is 293 g/mol. The predicted octanol–water partition coefficient (Wildman–Crippen LogP) is 2.94. The molecule has 0 amide bonds. The Morgan fingerprint density at radius 1 is 1.00 bits per heavy atom. The summed E-state index contributed by atoms with van der Waals surface area (Å²) >= 11 is 0. The molecule has 0 fully saturated rings. The predicted molar refractivity (Wildman–Crippen MR) is 76.6 cm³/mol. The third-order valence-electron chi connectivity index (χ3n) is 3.25. The maximum absolute atomic E-state index is 12.9. The minimum Gasteiger partial charge on any atom is -0.330 e. The second kappa shape index (κ2) is 5.42. The molecule has 114 valence electrons. The number of hydrogen-bond donors (Lipinski definition) is 1. The Kier molecular flexibility index (Phi) is 3.58. The standard InChI is InChI=1S/C15H13F3N4/c16-15(17,18)12-7-6-11-14(21-12)22(13(20-11)8-9-19)10-4-2-1-3-5-10/h1-7H,8-9,19H2. The first-order valence-corrected chi connectivity index (χ1v) is 6.72. The van der Waals surface area contributed by atoms with Crippen LogP contribution in [0.5, 0.6) is 0 Å². The van der Waals surface area contributed by atoms with Gasteiger partial charge in [-0.3, -0.25) is 4.57 Å². The van der Waals surface area contributed by atoms with E-state index in [1.807, 2.05) is 6.07 Å². The molecule has 0 spiro atoms. The summed E-state index contributed by atoms with van der Waals surface area (Å²) in [7, 11) is 0. The van der Waals surface area contributed by atoms with E-state index in [0.29, 0.717) is 30.0 Å². The van der Waals surface area contributed by atoms with Crippen molar-refractivity contribution in [2.24, 2.45) is 5.73 Å². The molecule has 0 saturated carbocycles. The fraction of sp³-hybridized carbons (Fsp3) is 0.200. The van der Waals surface area contributed by atoms with E-state index in [1.165, 1.54) is 6.07 Å². The number of hydrogen-bond acceptors (Lipinski definition) is 3. The van der Waals surface area contributed by atoms with E-state index < -0.39 is 11.9 Å². The van der Waals surface area contributed by atoms with Crippen molar-refractivity contribution in [2.75, 3.05) is 6.54 Å². The van der Waals surface area contributed by atoms with Crippen molar-refractivity contribution in [3.05, 3.63) is 54.0 Å². The van der Waals surface area contributed by atoms with Crippen LogP contribution in [0.4, 0.5) is 13.2 Å². The highest BCUT2D eigenvalue weighted by Crippen LogP contribution is 2.30. The van der Waals surface area contributed by atoms with Crippen LogP contribution >= 0.6 is 0 Å². The molecule has 0 saturated heterocycles. The topological polar surface area (TPSA) is 56.7 Å². The molecular formula is C15H13F3N4. The first-order valence-electron chi connectivity index (χ1n) is 6.72. The minimum absolute atomic E-state index is 0.185. The smallest absolute Gasteiger partial charge is 0.330 e. The third kappa shape index (κ3) is 2.55. The molecule has 0 aliphatic rings. The van der Waals surface area contributed by atoms with Crippen LogP contribution in [0.15, 0.2) is 42.5 Å². The van der Waals surface area contributed by atoms with Crippen LogP contribution in [0.2, 0.25) is 0 Å². The molecule has 2 N–H and O–H groups in total. The lowest BCUT2D eigenvalue weighted by Gasteiger charge is -2.09. The molecule has 2 heterocycles. The largest absolute Gasteiger partial charge is 0.433 e. The van der Waals surface area contributed by atoms with Gasteiger partial charge >= 0.3 is 6.18 Å². The first-order chi connectivity index (χ1) is 10.5. The molecule has 4 nitrogen and oxygen atoms in total. The Balaban J connectivity index is 2.28. The van der Waals surface area contributed by atoms with E-state index in [4.69, 9.17) is 5.73 Å². The molecule has 1 aromatic carbocycles. The van der Waals surface area contributed by atoms with Crippen LogP contribution in [0, 0.1) is 0 Å². The fourth-order valence-corrected chi connectivity index (χ4v) is 2.31. The number of fused-ring (bicyclic) bond motifs is 1. The molecule has 7 heteroatoms. The summed E-state index contributed by atoms with van der Waals surface area (Å²) in [5, 5.41) is 0. The van der Waals surface area contributed by atoms with Gasteiger partial charge in [-0.25, -0.2) is 9.97 Å². The van der Waals surface area contributed by atoms with Crippen molar-refractivity contribution < 1.29 is 13.2 Å². The van der Waals surface area contributed by atoms with Crippen molar-refractivity contribution in [3.8, 4) is 5.69 Å². The van der Waals surface area contributed by atoms with E-state index in [2.05, 4.69) is 9.97 Å². The average molecular weight is 306 g/mol. The number of rotatable bonds is 3. The van der Waals surface area contributed by atoms with E-state index in [9.17, 15) is 13.2 Å². The summed E-state index contributed by atoms with van der Waals surface area (Å²) in [6.45, 7) is 0.349. The lowest BCUT2D eigenvalue weighted by Crippen LogP contribution is -2.11. The molecule has 0 aliphatic carbocycles. The second-order valence-corrected chi connectivity index (χ2v) is 4.77. The van der Waals surface area contributed by atoms with Gasteiger partial charge < -0.3 is 5.73 Å². The van der Waals surface area contributed by atoms with Gasteiger partial charge in [0.25, 0.3) is 0 Å². The van der Waals surface area contributed by atoms with Gasteiger partial charge in [-0.05, 0) is 30.8 Å². The van der Waals surface area contributed by atoms with Crippen LogP contribution in [0.1, 0.15) is 11.5 Å². The zero-order valence-corrected chi connectivity index (χ0v) is 11.5. The number of halogens is 3.